The van der Waals surface area contributed by atoms with Crippen LogP contribution in [0.5, 0.6) is 0 Å². The summed E-state index contributed by atoms with van der Waals surface area (Å²) in [5, 5.41) is 0. The molecule has 0 aliphatic carbocycles. The fraction of sp³-hybridized carbons (Fsp3) is 0.857. The maximum atomic E-state index is 12.4. The summed E-state index contributed by atoms with van der Waals surface area (Å²) in [6, 6.07) is 2.18. The fourth-order valence-electron chi connectivity index (χ4n) is 5.56. The molecule has 0 saturated heterocycles. The van der Waals surface area contributed by atoms with Crippen LogP contribution in [0.25, 0.3) is 0 Å². The molecular formula is C35H67NO5P+. The van der Waals surface area contributed by atoms with E-state index in [1.54, 1.807) is 0 Å². The van der Waals surface area contributed by atoms with E-state index in [1.807, 2.05) is 0 Å². The minimum Gasteiger partial charge on any atom is -0.381 e. The van der Waals surface area contributed by atoms with Crippen molar-refractivity contribution in [2.75, 3.05) is 26.4 Å². The number of phosphoric ester groups is 1. The average molecular weight is 613 g/mol. The van der Waals surface area contributed by atoms with Gasteiger partial charge < -0.3 is 9.63 Å². The van der Waals surface area contributed by atoms with Gasteiger partial charge in [-0.1, -0.05) is 110 Å². The lowest BCUT2D eigenvalue weighted by Crippen LogP contribution is -2.33. The standard InChI is InChI=1S/C35H66NO5P/c1-5-7-8-9-10-11-12-13-14-15-16-17-19-22-26-39-31-35(24-6-2)32-41-42(37,38)40-27-23-20-18-21-25-36-29-33(3)28-34(4)30-36/h28-30,35H,5-27,31-32H2,1-4H3/p+1. The summed E-state index contributed by atoms with van der Waals surface area (Å²) in [4.78, 5) is 10.1. The molecule has 0 radical (unpaired) electrons. The number of nitrogens with zero attached hydrogens (tertiary/aromatic N) is 1. The van der Waals surface area contributed by atoms with Crippen LogP contribution in [0.15, 0.2) is 18.5 Å². The van der Waals surface area contributed by atoms with Crippen molar-refractivity contribution in [1.82, 2.24) is 0 Å². The maximum absolute atomic E-state index is 12.4. The molecule has 1 aromatic rings. The predicted octanol–water partition coefficient (Wildman–Crippen LogP) is 10.2. The Hall–Kier alpha value is -0.780. The minimum atomic E-state index is -4.02. The molecule has 1 N–H and O–H groups in total. The molecule has 0 saturated carbocycles. The lowest BCUT2D eigenvalue weighted by molar-refractivity contribution is -0.698. The zero-order valence-corrected chi connectivity index (χ0v) is 28.9. The van der Waals surface area contributed by atoms with Gasteiger partial charge in [0.1, 0.15) is 6.54 Å². The van der Waals surface area contributed by atoms with E-state index in [4.69, 9.17) is 13.8 Å². The molecule has 0 fully saturated rings. The van der Waals surface area contributed by atoms with Crippen molar-refractivity contribution < 1.29 is 27.8 Å². The summed E-state index contributed by atoms with van der Waals surface area (Å²) >= 11 is 0. The van der Waals surface area contributed by atoms with Gasteiger partial charge in [-0.3, -0.25) is 9.05 Å². The highest BCUT2D eigenvalue weighted by molar-refractivity contribution is 7.47. The van der Waals surface area contributed by atoms with Gasteiger partial charge in [0, 0.05) is 30.1 Å². The van der Waals surface area contributed by atoms with Gasteiger partial charge in [-0.15, -0.1) is 0 Å². The first-order chi connectivity index (χ1) is 20.4. The Morgan fingerprint density at radius 2 is 1.17 bits per heavy atom. The van der Waals surface area contributed by atoms with Crippen molar-refractivity contribution in [3.8, 4) is 0 Å². The van der Waals surface area contributed by atoms with Crippen molar-refractivity contribution in [3.63, 3.8) is 0 Å². The van der Waals surface area contributed by atoms with Gasteiger partial charge in [0.25, 0.3) is 0 Å². The fourth-order valence-corrected chi connectivity index (χ4v) is 6.40. The van der Waals surface area contributed by atoms with Crippen molar-refractivity contribution >= 4 is 7.82 Å². The number of aryl methyl sites for hydroxylation is 3. The van der Waals surface area contributed by atoms with Crippen LogP contribution in [0.1, 0.15) is 153 Å². The van der Waals surface area contributed by atoms with Gasteiger partial charge >= 0.3 is 7.82 Å². The predicted molar refractivity (Wildman–Crippen MR) is 176 cm³/mol. The molecule has 1 aromatic heterocycles. The Labute approximate surface area is 259 Å². The average Bonchev–Trinajstić information content (AvgIpc) is 2.94. The Bertz CT molecular complexity index is 785. The number of unbranched alkanes of at least 4 members (excludes halogenated alkanes) is 16. The highest BCUT2D eigenvalue weighted by Gasteiger charge is 2.23. The van der Waals surface area contributed by atoms with Crippen molar-refractivity contribution in [2.24, 2.45) is 5.92 Å². The Morgan fingerprint density at radius 1 is 0.667 bits per heavy atom. The lowest BCUT2D eigenvalue weighted by Gasteiger charge is -2.19. The van der Waals surface area contributed by atoms with Crippen LogP contribution in [0, 0.1) is 19.8 Å². The van der Waals surface area contributed by atoms with Crippen LogP contribution in [0.2, 0.25) is 0 Å². The first-order valence-corrected chi connectivity index (χ1v) is 19.0. The lowest BCUT2D eigenvalue weighted by atomic mass is 10.0. The van der Waals surface area contributed by atoms with Crippen molar-refractivity contribution in [2.45, 2.75) is 163 Å². The molecule has 2 unspecified atom stereocenters. The van der Waals surface area contributed by atoms with Crippen molar-refractivity contribution in [3.05, 3.63) is 29.6 Å². The molecule has 42 heavy (non-hydrogen) atoms. The van der Waals surface area contributed by atoms with Gasteiger partial charge in [0.15, 0.2) is 12.4 Å². The van der Waals surface area contributed by atoms with Gasteiger partial charge in [0.2, 0.25) is 0 Å². The second-order valence-corrected chi connectivity index (χ2v) is 13.9. The monoisotopic (exact) mass is 612 g/mol. The van der Waals surface area contributed by atoms with Crippen LogP contribution in [-0.2, 0) is 24.9 Å². The normalized spacial score (nSPS) is 13.8. The Kier molecular flexibility index (Phi) is 24.9. The number of pyridine rings is 1. The van der Waals surface area contributed by atoms with Crippen LogP contribution in [0.3, 0.4) is 0 Å². The first kappa shape index (κ1) is 39.2. The molecule has 0 aliphatic rings. The molecule has 0 aliphatic heterocycles. The second kappa shape index (κ2) is 26.6. The number of hydrogen-bond acceptors (Lipinski definition) is 4. The van der Waals surface area contributed by atoms with Gasteiger partial charge in [0.05, 0.1) is 19.8 Å². The van der Waals surface area contributed by atoms with Crippen LogP contribution in [-0.4, -0.2) is 31.3 Å². The van der Waals surface area contributed by atoms with Crippen LogP contribution in [0.4, 0.5) is 0 Å². The van der Waals surface area contributed by atoms with Crippen molar-refractivity contribution in [1.29, 1.82) is 0 Å². The van der Waals surface area contributed by atoms with E-state index in [2.05, 4.69) is 50.7 Å². The van der Waals surface area contributed by atoms with E-state index in [9.17, 15) is 9.46 Å². The number of hydrogen-bond donors (Lipinski definition) is 1. The molecule has 1 heterocycles. The molecule has 246 valence electrons. The highest BCUT2D eigenvalue weighted by Crippen LogP contribution is 2.44. The molecule has 7 heteroatoms. The number of ether oxygens (including phenoxy) is 1. The summed E-state index contributed by atoms with van der Waals surface area (Å²) in [5.41, 5.74) is 2.56. The van der Waals surface area contributed by atoms with E-state index in [0.717, 1.165) is 58.1 Å². The molecular weight excluding hydrogens is 545 g/mol. The highest BCUT2D eigenvalue weighted by atomic mass is 31.2. The summed E-state index contributed by atoms with van der Waals surface area (Å²) < 4.78 is 31.1. The van der Waals surface area contributed by atoms with Crippen LogP contribution < -0.4 is 4.57 Å². The quantitative estimate of drug-likeness (QED) is 0.0532. The number of phosphoric acid groups is 1. The second-order valence-electron chi connectivity index (χ2n) is 12.5. The molecule has 0 spiro atoms. The SMILES string of the molecule is CCCCCCCCCCCCCCCCOCC(CCC)COP(=O)(O)OCCCCCC[n+]1cc(C)cc(C)c1. The molecule has 0 bridgehead atoms. The summed E-state index contributed by atoms with van der Waals surface area (Å²) in [6.07, 6.45) is 29.0. The van der Waals surface area contributed by atoms with E-state index in [-0.39, 0.29) is 19.1 Å². The van der Waals surface area contributed by atoms with E-state index < -0.39 is 7.82 Å². The summed E-state index contributed by atoms with van der Waals surface area (Å²) in [7, 11) is -4.02. The van der Waals surface area contributed by atoms with E-state index >= 15 is 0 Å². The zero-order chi connectivity index (χ0) is 30.7. The zero-order valence-electron chi connectivity index (χ0n) is 28.0. The minimum absolute atomic E-state index is 0.119. The van der Waals surface area contributed by atoms with E-state index in [0.29, 0.717) is 6.61 Å². The number of rotatable bonds is 30. The van der Waals surface area contributed by atoms with E-state index in [1.165, 1.54) is 94.6 Å². The third kappa shape index (κ3) is 23.6. The Balaban J connectivity index is 1.99. The first-order valence-electron chi connectivity index (χ1n) is 17.5. The molecule has 0 aromatic carbocycles. The van der Waals surface area contributed by atoms with Crippen LogP contribution >= 0.6 is 7.82 Å². The third-order valence-electron chi connectivity index (χ3n) is 7.93. The summed E-state index contributed by atoms with van der Waals surface area (Å²) in [5.74, 6) is 0.119. The molecule has 2 atom stereocenters. The number of aromatic nitrogens is 1. The summed E-state index contributed by atoms with van der Waals surface area (Å²) in [6.45, 7) is 11.4. The largest absolute Gasteiger partial charge is 0.472 e. The molecule has 6 nitrogen and oxygen atoms in total. The molecule has 1 rings (SSSR count). The Morgan fingerprint density at radius 3 is 1.71 bits per heavy atom. The topological polar surface area (TPSA) is 68.9 Å². The van der Waals surface area contributed by atoms with Gasteiger partial charge in [-0.25, -0.2) is 9.13 Å². The third-order valence-corrected chi connectivity index (χ3v) is 8.91. The molecule has 0 amide bonds. The smallest absolute Gasteiger partial charge is 0.381 e. The van der Waals surface area contributed by atoms with Gasteiger partial charge in [-0.05, 0) is 45.6 Å². The van der Waals surface area contributed by atoms with Gasteiger partial charge in [-0.2, -0.15) is 0 Å². The maximum Gasteiger partial charge on any atom is 0.472 e.